The summed E-state index contributed by atoms with van der Waals surface area (Å²) in [7, 11) is 1.41. The van der Waals surface area contributed by atoms with E-state index < -0.39 is 28.6 Å². The summed E-state index contributed by atoms with van der Waals surface area (Å²) in [6.07, 6.45) is 2.73. The lowest BCUT2D eigenvalue weighted by Crippen LogP contribution is -2.41. The van der Waals surface area contributed by atoms with Crippen LogP contribution in [-0.2, 0) is 7.05 Å². The van der Waals surface area contributed by atoms with Crippen LogP contribution in [0.4, 0.5) is 10.1 Å². The van der Waals surface area contributed by atoms with Crippen molar-refractivity contribution < 1.29 is 33.2 Å². The van der Waals surface area contributed by atoms with Gasteiger partial charge in [0.2, 0.25) is 5.75 Å². The van der Waals surface area contributed by atoms with Crippen molar-refractivity contribution in [2.75, 3.05) is 25.1 Å². The summed E-state index contributed by atoms with van der Waals surface area (Å²) in [4.78, 5) is 43.4. The molecule has 0 spiro atoms. The van der Waals surface area contributed by atoms with Crippen molar-refractivity contribution in [2.45, 2.75) is 19.4 Å². The summed E-state index contributed by atoms with van der Waals surface area (Å²) in [6, 6.07) is 14.6. The van der Waals surface area contributed by atoms with Crippen LogP contribution in [0.15, 0.2) is 82.6 Å². The molecule has 1 aliphatic heterocycles. The number of amides is 1. The minimum Gasteiger partial charge on any atom is -0.486 e. The van der Waals surface area contributed by atoms with Crippen LogP contribution < -0.4 is 35.5 Å². The molecular weight excluding hydrogens is 599 g/mol. The monoisotopic (exact) mass is 628 g/mol. The molecule has 0 bridgehead atoms. The maximum Gasteiger partial charge on any atom is 0.335 e. The Balaban J connectivity index is 1.25. The van der Waals surface area contributed by atoms with Crippen LogP contribution in [0.5, 0.6) is 28.7 Å². The molecule has 1 amide bonds. The molecule has 0 saturated carbocycles. The fraction of sp³-hybridized carbons (Fsp3) is 0.212. The Morgan fingerprint density at radius 1 is 1.02 bits per heavy atom. The number of carbonyl (C=O) groups is 1. The minimum absolute atomic E-state index is 0.0279. The molecule has 1 aliphatic rings. The van der Waals surface area contributed by atoms with Gasteiger partial charge in [0.15, 0.2) is 11.5 Å². The summed E-state index contributed by atoms with van der Waals surface area (Å²) in [5, 5.41) is 13.4. The van der Waals surface area contributed by atoms with E-state index in [1.807, 2.05) is 0 Å². The minimum atomic E-state index is -1.07. The van der Waals surface area contributed by atoms with Crippen molar-refractivity contribution >= 4 is 22.5 Å². The normalized spacial score (nSPS) is 12.5. The Morgan fingerprint density at radius 2 is 1.72 bits per heavy atom. The van der Waals surface area contributed by atoms with Gasteiger partial charge < -0.3 is 33.9 Å². The first kappa shape index (κ1) is 30.3. The van der Waals surface area contributed by atoms with E-state index in [1.54, 1.807) is 56.4 Å². The van der Waals surface area contributed by atoms with E-state index in [9.17, 15) is 23.9 Å². The van der Waals surface area contributed by atoms with Gasteiger partial charge in [-0.3, -0.25) is 14.6 Å². The highest BCUT2D eigenvalue weighted by Gasteiger charge is 2.26. The van der Waals surface area contributed by atoms with Crippen LogP contribution in [0.25, 0.3) is 16.6 Å². The summed E-state index contributed by atoms with van der Waals surface area (Å²) in [6.45, 7) is 3.93. The van der Waals surface area contributed by atoms with Crippen molar-refractivity contribution in [1.82, 2.24) is 14.1 Å². The number of hydrogen-bond donors (Lipinski definition) is 2. The molecule has 0 atom stereocenters. The molecule has 3 aromatic carbocycles. The second kappa shape index (κ2) is 12.0. The number of fused-ring (bicyclic) bond motifs is 3. The molecule has 2 N–H and O–H groups in total. The number of aliphatic hydroxyl groups is 1. The molecule has 3 heterocycles. The van der Waals surface area contributed by atoms with Gasteiger partial charge in [-0.15, -0.1) is 0 Å². The Hall–Kier alpha value is -5.69. The van der Waals surface area contributed by atoms with E-state index in [4.69, 9.17) is 18.9 Å². The molecule has 0 aliphatic carbocycles. The van der Waals surface area contributed by atoms with Crippen molar-refractivity contribution in [3.8, 4) is 34.4 Å². The van der Waals surface area contributed by atoms with Crippen LogP contribution in [0.3, 0.4) is 0 Å². The van der Waals surface area contributed by atoms with Gasteiger partial charge in [-0.05, 0) is 68.4 Å². The van der Waals surface area contributed by atoms with E-state index in [0.29, 0.717) is 58.6 Å². The molecule has 13 heteroatoms. The number of carbonyl (C=O) groups excluding carboxylic acids is 1. The predicted molar refractivity (Wildman–Crippen MR) is 166 cm³/mol. The highest BCUT2D eigenvalue weighted by atomic mass is 19.1. The Kier molecular flexibility index (Phi) is 7.92. The maximum atomic E-state index is 13.4. The lowest BCUT2D eigenvalue weighted by Gasteiger charge is -2.25. The number of hydrogen-bond acceptors (Lipinski definition) is 9. The topological polar surface area (TPSA) is 143 Å². The first-order valence-electron chi connectivity index (χ1n) is 14.2. The number of aryl methyl sites for hydroxylation is 1. The number of pyridine rings is 1. The smallest absolute Gasteiger partial charge is 0.335 e. The standard InChI is InChI=1S/C33H29FN4O8/c1-33(2,42)18-45-26-16-24-27(29-28(26)43-14-15-44-29)25(12-13-35-24)46-22-10-6-20(7-11-22)36-30(39)23-17-37(3)32(41)38(31(23)40)21-8-4-19(34)5-9-21/h4-13,16-17,42H,14-15,18H2,1-3H3,(H,36,39). The molecule has 0 radical (unpaired) electrons. The van der Waals surface area contributed by atoms with Crippen LogP contribution >= 0.6 is 0 Å². The Labute approximate surface area is 261 Å². The van der Waals surface area contributed by atoms with Crippen molar-refractivity contribution in [3.63, 3.8) is 0 Å². The molecular formula is C33H29FN4O8. The molecule has 5 aromatic rings. The lowest BCUT2D eigenvalue weighted by atomic mass is 10.1. The molecule has 12 nitrogen and oxygen atoms in total. The van der Waals surface area contributed by atoms with Gasteiger partial charge in [0.05, 0.1) is 22.2 Å². The number of rotatable bonds is 8. The second-order valence-electron chi connectivity index (χ2n) is 11.2. The number of nitrogens with zero attached hydrogens (tertiary/aromatic N) is 3. The third kappa shape index (κ3) is 6.13. The molecule has 46 heavy (non-hydrogen) atoms. The van der Waals surface area contributed by atoms with Gasteiger partial charge in [0.1, 0.15) is 42.7 Å². The third-order valence-electron chi connectivity index (χ3n) is 6.94. The fourth-order valence-corrected chi connectivity index (χ4v) is 4.80. The zero-order chi connectivity index (χ0) is 32.6. The molecule has 0 unspecified atom stereocenters. The zero-order valence-corrected chi connectivity index (χ0v) is 25.1. The molecule has 6 rings (SSSR count). The number of halogens is 1. The van der Waals surface area contributed by atoms with Crippen LogP contribution in [0.2, 0.25) is 0 Å². The van der Waals surface area contributed by atoms with Crippen molar-refractivity contribution in [3.05, 3.63) is 105 Å². The van der Waals surface area contributed by atoms with Crippen molar-refractivity contribution in [2.24, 2.45) is 7.05 Å². The van der Waals surface area contributed by atoms with Crippen molar-refractivity contribution in [1.29, 1.82) is 0 Å². The van der Waals surface area contributed by atoms with E-state index in [2.05, 4.69) is 10.3 Å². The molecule has 236 valence electrons. The third-order valence-corrected chi connectivity index (χ3v) is 6.94. The molecule has 0 saturated heterocycles. The van der Waals surface area contributed by atoms with Gasteiger partial charge in [0.25, 0.3) is 11.5 Å². The SMILES string of the molecule is Cn1cc(C(=O)Nc2ccc(Oc3ccnc4cc(OCC(C)(C)O)c5c(c34)OCCO5)cc2)c(=O)n(-c2ccc(F)cc2)c1=O. The number of nitrogens with one attached hydrogen (secondary N) is 1. The molecule has 0 fully saturated rings. The first-order valence-corrected chi connectivity index (χ1v) is 14.2. The predicted octanol–water partition coefficient (Wildman–Crippen LogP) is 4.19. The lowest BCUT2D eigenvalue weighted by molar-refractivity contribution is 0.0265. The van der Waals surface area contributed by atoms with E-state index in [-0.39, 0.29) is 17.9 Å². The van der Waals surface area contributed by atoms with E-state index >= 15 is 0 Å². The van der Waals surface area contributed by atoms with Crippen LogP contribution in [0, 0.1) is 5.82 Å². The van der Waals surface area contributed by atoms with Gasteiger partial charge in [-0.1, -0.05) is 0 Å². The summed E-state index contributed by atoms with van der Waals surface area (Å²) < 4.78 is 39.2. The maximum absolute atomic E-state index is 13.4. The average molecular weight is 629 g/mol. The zero-order valence-electron chi connectivity index (χ0n) is 25.1. The second-order valence-corrected chi connectivity index (χ2v) is 11.2. The summed E-state index contributed by atoms with van der Waals surface area (Å²) in [5.74, 6) is 0.772. The van der Waals surface area contributed by atoms with E-state index in [0.717, 1.165) is 27.5 Å². The van der Waals surface area contributed by atoms with Gasteiger partial charge in [0, 0.05) is 31.2 Å². The van der Waals surface area contributed by atoms with Gasteiger partial charge >= 0.3 is 5.69 Å². The first-order chi connectivity index (χ1) is 22.0. The highest BCUT2D eigenvalue weighted by Crippen LogP contribution is 2.48. The number of anilines is 1. The largest absolute Gasteiger partial charge is 0.486 e. The van der Waals surface area contributed by atoms with Crippen LogP contribution in [0.1, 0.15) is 24.2 Å². The number of aromatic nitrogens is 3. The van der Waals surface area contributed by atoms with Gasteiger partial charge in [-0.25, -0.2) is 13.8 Å². The highest BCUT2D eigenvalue weighted by molar-refractivity contribution is 6.04. The Bertz CT molecular complexity index is 2070. The average Bonchev–Trinajstić information content (AvgIpc) is 3.03. The number of ether oxygens (including phenoxy) is 4. The van der Waals surface area contributed by atoms with Crippen LogP contribution in [-0.4, -0.2) is 50.6 Å². The summed E-state index contributed by atoms with van der Waals surface area (Å²) in [5.41, 5.74) is -1.87. The molecule has 2 aromatic heterocycles. The quantitative estimate of drug-likeness (QED) is 0.259. The van der Waals surface area contributed by atoms with E-state index in [1.165, 1.54) is 19.2 Å². The summed E-state index contributed by atoms with van der Waals surface area (Å²) >= 11 is 0. The Morgan fingerprint density at radius 3 is 2.41 bits per heavy atom. The van der Waals surface area contributed by atoms with Gasteiger partial charge in [-0.2, -0.15) is 0 Å². The fourth-order valence-electron chi connectivity index (χ4n) is 4.80. The number of benzene rings is 3.